The molecule has 130 valence electrons. The minimum absolute atomic E-state index is 0. The number of ether oxygens (including phenoxy) is 1. The van der Waals surface area contributed by atoms with Gasteiger partial charge in [0.25, 0.3) is 0 Å². The van der Waals surface area contributed by atoms with Crippen LogP contribution in [0, 0.1) is 28.7 Å². The van der Waals surface area contributed by atoms with Crippen molar-refractivity contribution in [1.29, 1.82) is 0 Å². The molecular formula is C15H24N2O4S2. The number of hydrogen-bond acceptors (Lipinski definition) is 5. The van der Waals surface area contributed by atoms with Crippen LogP contribution in [-0.2, 0) is 27.4 Å². The molecule has 2 heterocycles. The van der Waals surface area contributed by atoms with E-state index in [9.17, 15) is 9.59 Å². The highest BCUT2D eigenvalue weighted by Crippen LogP contribution is 1.96. The number of carboxylic acid groups (broad SMARTS) is 1. The average molecular weight is 361 g/mol. The second-order valence-electron chi connectivity index (χ2n) is 4.23. The molecule has 2 rings (SSSR count). The van der Waals surface area contributed by atoms with Gasteiger partial charge in [0.1, 0.15) is 0 Å². The fraction of sp³-hybridized carbons (Fsp3) is 0.333. The number of aliphatic carboxylic acids is 1. The van der Waals surface area contributed by atoms with Gasteiger partial charge in [-0.15, -0.1) is 0 Å². The van der Waals surface area contributed by atoms with Crippen molar-refractivity contribution in [2.45, 2.75) is 26.9 Å². The molecule has 0 bridgehead atoms. The van der Waals surface area contributed by atoms with Crippen LogP contribution in [0.25, 0.3) is 0 Å². The van der Waals surface area contributed by atoms with Crippen molar-refractivity contribution in [3.8, 4) is 0 Å². The monoisotopic (exact) mass is 360 g/mol. The van der Waals surface area contributed by atoms with Gasteiger partial charge >= 0.3 is 11.9 Å². The van der Waals surface area contributed by atoms with E-state index in [2.05, 4.69) is 4.74 Å². The Hall–Kier alpha value is -1.80. The molecule has 0 radical (unpaired) electrons. The molecule has 0 saturated heterocycles. The summed E-state index contributed by atoms with van der Waals surface area (Å²) < 4.78 is 8.08. The molecule has 0 aromatic carbocycles. The quantitative estimate of drug-likeness (QED) is 0.513. The van der Waals surface area contributed by atoms with E-state index in [4.69, 9.17) is 5.11 Å². The summed E-state index contributed by atoms with van der Waals surface area (Å²) in [5.74, 6) is -1.01. The summed E-state index contributed by atoms with van der Waals surface area (Å²) in [5.41, 5.74) is 5.77. The Morgan fingerprint density at radius 3 is 1.78 bits per heavy atom. The number of carboxylic acids is 1. The molecular weight excluding hydrogens is 336 g/mol. The van der Waals surface area contributed by atoms with Crippen molar-refractivity contribution < 1.29 is 28.6 Å². The molecule has 6 nitrogen and oxygen atoms in total. The highest BCUT2D eigenvalue weighted by Gasteiger charge is 2.12. The molecule has 0 unspecified atom stereocenters. The third-order valence-electron chi connectivity index (χ3n) is 2.59. The van der Waals surface area contributed by atoms with Crippen LogP contribution >= 0.6 is 22.7 Å². The van der Waals surface area contributed by atoms with Crippen LogP contribution in [0.1, 0.15) is 11.4 Å². The molecule has 0 aliphatic carbocycles. The molecule has 0 fully saturated rings. The Labute approximate surface area is 145 Å². The average Bonchev–Trinajstić information content (AvgIpc) is 3.00. The number of nitrogens with zero attached hydrogens (tertiary/aromatic N) is 2. The summed E-state index contributed by atoms with van der Waals surface area (Å²) in [5, 5.41) is 12.3. The second kappa shape index (κ2) is 11.7. The molecule has 0 saturated carbocycles. The molecule has 8 heteroatoms. The Balaban J connectivity index is 0. The summed E-state index contributed by atoms with van der Waals surface area (Å²) in [4.78, 5) is 21.0. The lowest BCUT2D eigenvalue weighted by molar-refractivity contribution is -0.687. The first-order valence-electron chi connectivity index (χ1n) is 6.07. The summed E-state index contributed by atoms with van der Waals surface area (Å²) in [6.07, 6.45) is 0. The third-order valence-corrected chi connectivity index (χ3v) is 4.30. The minimum Gasteiger partial charge on any atom is -0.477 e. The molecule has 2 aromatic rings. The summed E-state index contributed by atoms with van der Waals surface area (Å²) in [6, 6.07) is 0. The predicted octanol–water partition coefficient (Wildman–Crippen LogP) is 1.85. The fourth-order valence-corrected chi connectivity index (χ4v) is 2.94. The maximum Gasteiger partial charge on any atom is 0.372 e. The van der Waals surface area contributed by atoms with Gasteiger partial charge in [0, 0.05) is 13.8 Å². The normalized spacial score (nSPS) is 8.83. The van der Waals surface area contributed by atoms with Gasteiger partial charge in [0.05, 0.1) is 17.9 Å². The van der Waals surface area contributed by atoms with Crippen LogP contribution in [0.5, 0.6) is 0 Å². The fourth-order valence-electron chi connectivity index (χ4n) is 1.38. The van der Waals surface area contributed by atoms with Gasteiger partial charge in [-0.25, -0.2) is 9.59 Å². The zero-order valence-electron chi connectivity index (χ0n) is 14.1. The first-order valence-corrected chi connectivity index (χ1v) is 7.95. The van der Waals surface area contributed by atoms with Crippen molar-refractivity contribution in [3.63, 3.8) is 0 Å². The Bertz CT molecular complexity index is 608. The Morgan fingerprint density at radius 1 is 1.04 bits per heavy atom. The van der Waals surface area contributed by atoms with Gasteiger partial charge in [-0.3, -0.25) is 0 Å². The smallest absolute Gasteiger partial charge is 0.372 e. The molecule has 23 heavy (non-hydrogen) atoms. The molecule has 0 amide bonds. The molecule has 0 atom stereocenters. The standard InChI is InChI=1S/C7H10NO2S.C6H7NO2S.2CH3/c1-6-4-11-5-8(6)3-7(9)10-2;1-5-3-10-4-7(5)2-6(8)9;;/h4-5H,3H2,1-2H3;3-4H,2H2,1H3;2*1H3/q+1;;2*-1/p+1. The largest absolute Gasteiger partial charge is 0.477 e. The maximum absolute atomic E-state index is 10.8. The van der Waals surface area contributed by atoms with Crippen LogP contribution in [0.4, 0.5) is 0 Å². The predicted molar refractivity (Wildman–Crippen MR) is 91.0 cm³/mol. The van der Waals surface area contributed by atoms with Crippen molar-refractivity contribution in [2.75, 3.05) is 7.11 Å². The van der Waals surface area contributed by atoms with Crippen molar-refractivity contribution >= 4 is 34.6 Å². The van der Waals surface area contributed by atoms with Gasteiger partial charge in [-0.2, -0.15) is 9.13 Å². The molecule has 0 aliphatic heterocycles. The van der Waals surface area contributed by atoms with Crippen molar-refractivity contribution in [1.82, 2.24) is 0 Å². The highest BCUT2D eigenvalue weighted by molar-refractivity contribution is 7.07. The van der Waals surface area contributed by atoms with E-state index in [-0.39, 0.29) is 27.4 Å². The number of esters is 1. The van der Waals surface area contributed by atoms with Crippen molar-refractivity contribution in [2.24, 2.45) is 0 Å². The van der Waals surface area contributed by atoms with E-state index in [1.54, 1.807) is 21.4 Å². The number of methoxy groups -OCH3 is 1. The highest BCUT2D eigenvalue weighted by atomic mass is 32.1. The summed E-state index contributed by atoms with van der Waals surface area (Å²) in [7, 11) is 1.39. The SMILES string of the molecule is COC(=O)C[n+]1cscc1C.Cc1csc[n+]1CC(=O)O.[CH3-].[CH3-]. The van der Waals surface area contributed by atoms with Gasteiger partial charge in [-0.1, -0.05) is 22.7 Å². The van der Waals surface area contributed by atoms with Gasteiger partial charge in [0.2, 0.25) is 24.1 Å². The van der Waals surface area contributed by atoms with Crippen LogP contribution in [0.15, 0.2) is 21.8 Å². The number of carbonyl (C=O) groups excluding carboxylic acids is 1. The van der Waals surface area contributed by atoms with Gasteiger partial charge in [-0.05, 0) is 0 Å². The Kier molecular flexibility index (Phi) is 12.0. The van der Waals surface area contributed by atoms with E-state index in [1.807, 2.05) is 34.7 Å². The lowest BCUT2D eigenvalue weighted by Gasteiger charge is -1.92. The van der Waals surface area contributed by atoms with Gasteiger partial charge < -0.3 is 24.7 Å². The zero-order valence-corrected chi connectivity index (χ0v) is 15.7. The number of rotatable bonds is 4. The van der Waals surface area contributed by atoms with E-state index in [0.717, 1.165) is 11.4 Å². The maximum atomic E-state index is 10.8. The number of carbonyl (C=O) groups is 2. The number of thiazole rings is 2. The first kappa shape index (κ1) is 23.5. The third kappa shape index (κ3) is 8.41. The van der Waals surface area contributed by atoms with Crippen LogP contribution in [-0.4, -0.2) is 24.2 Å². The van der Waals surface area contributed by atoms with Crippen LogP contribution in [0.2, 0.25) is 0 Å². The van der Waals surface area contributed by atoms with Crippen molar-refractivity contribution in [3.05, 3.63) is 48.0 Å². The lowest BCUT2D eigenvalue weighted by atomic mass is 10.5. The zero-order chi connectivity index (χ0) is 15.8. The van der Waals surface area contributed by atoms with Gasteiger partial charge in [0.15, 0.2) is 11.4 Å². The van der Waals surface area contributed by atoms with E-state index >= 15 is 0 Å². The Morgan fingerprint density at radius 2 is 1.48 bits per heavy atom. The molecule has 2 aromatic heterocycles. The van der Waals surface area contributed by atoms with E-state index in [0.29, 0.717) is 6.54 Å². The number of hydrogen-bond donors (Lipinski definition) is 1. The first-order chi connectivity index (χ1) is 9.93. The summed E-state index contributed by atoms with van der Waals surface area (Å²) in [6.45, 7) is 4.22. The van der Waals surface area contributed by atoms with E-state index in [1.165, 1.54) is 18.4 Å². The molecule has 0 aliphatic rings. The minimum atomic E-state index is -0.800. The second-order valence-corrected chi connectivity index (χ2v) is 5.66. The lowest BCUT2D eigenvalue weighted by Crippen LogP contribution is -2.38. The summed E-state index contributed by atoms with van der Waals surface area (Å²) >= 11 is 3.08. The van der Waals surface area contributed by atoms with E-state index < -0.39 is 5.97 Å². The number of aryl methyl sites for hydroxylation is 2. The van der Waals surface area contributed by atoms with Crippen LogP contribution in [0.3, 0.4) is 0 Å². The number of aromatic nitrogens is 2. The molecule has 1 N–H and O–H groups in total. The molecule has 0 spiro atoms. The van der Waals surface area contributed by atoms with Crippen LogP contribution < -0.4 is 9.13 Å². The topological polar surface area (TPSA) is 71.4 Å².